The Morgan fingerprint density at radius 1 is 0.714 bits per heavy atom. The van der Waals surface area contributed by atoms with E-state index >= 15 is 0 Å². The van der Waals surface area contributed by atoms with Crippen LogP contribution in [0, 0.1) is 0 Å². The fourth-order valence-corrected chi connectivity index (χ4v) is 4.42. The van der Waals surface area contributed by atoms with Crippen molar-refractivity contribution in [1.29, 1.82) is 0 Å². The first-order valence-electron chi connectivity index (χ1n) is 12.7. The van der Waals surface area contributed by atoms with Gasteiger partial charge in [-0.1, -0.05) is 98.3 Å². The molecular formula is C26H51N2+. The average molecular weight is 392 g/mol. The second-order valence-corrected chi connectivity index (χ2v) is 9.29. The molecule has 0 aliphatic carbocycles. The molecule has 164 valence electrons. The zero-order valence-electron chi connectivity index (χ0n) is 20.0. The molecule has 1 heterocycles. The third-order valence-corrected chi connectivity index (χ3v) is 6.19. The van der Waals surface area contributed by atoms with Gasteiger partial charge in [-0.2, -0.15) is 0 Å². The van der Waals surface area contributed by atoms with Crippen molar-refractivity contribution in [1.82, 2.24) is 4.57 Å². The topological polar surface area (TPSA) is 8.81 Å². The molecule has 1 rings (SSSR count). The summed E-state index contributed by atoms with van der Waals surface area (Å²) >= 11 is 0. The monoisotopic (exact) mass is 391 g/mol. The van der Waals surface area contributed by atoms with E-state index in [1.165, 1.54) is 109 Å². The highest BCUT2D eigenvalue weighted by Gasteiger charge is 2.23. The fraction of sp³-hybridized carbons (Fsp3) is 0.885. The van der Waals surface area contributed by atoms with Gasteiger partial charge in [0.15, 0.2) is 0 Å². The normalized spacial score (nSPS) is 12.8. The largest absolute Gasteiger partial charge is 0.259 e. The maximum atomic E-state index is 2.57. The van der Waals surface area contributed by atoms with Crippen molar-refractivity contribution < 1.29 is 4.57 Å². The van der Waals surface area contributed by atoms with Crippen LogP contribution in [0.4, 0.5) is 0 Å². The molecule has 1 atom stereocenters. The van der Waals surface area contributed by atoms with Crippen LogP contribution in [0.25, 0.3) is 0 Å². The number of rotatable bonds is 18. The van der Waals surface area contributed by atoms with Gasteiger partial charge in [-0.3, -0.25) is 0 Å². The molecule has 2 nitrogen and oxygen atoms in total. The van der Waals surface area contributed by atoms with E-state index in [-0.39, 0.29) is 0 Å². The minimum absolute atomic E-state index is 0.594. The number of imidazole rings is 1. The van der Waals surface area contributed by atoms with Gasteiger partial charge in [0, 0.05) is 0 Å². The lowest BCUT2D eigenvalue weighted by atomic mass is 10.0. The smallest absolute Gasteiger partial charge is 0.234 e. The van der Waals surface area contributed by atoms with Crippen LogP contribution in [0.3, 0.4) is 0 Å². The molecule has 0 fully saturated rings. The van der Waals surface area contributed by atoms with E-state index in [1.807, 2.05) is 0 Å². The lowest BCUT2D eigenvalue weighted by molar-refractivity contribution is -0.705. The summed E-state index contributed by atoms with van der Waals surface area (Å²) in [6.45, 7) is 12.9. The van der Waals surface area contributed by atoms with Crippen molar-refractivity contribution in [2.75, 3.05) is 0 Å². The fourth-order valence-electron chi connectivity index (χ4n) is 4.42. The van der Waals surface area contributed by atoms with Crippen molar-refractivity contribution in [3.8, 4) is 0 Å². The zero-order chi connectivity index (χ0) is 20.6. The molecule has 1 unspecified atom stereocenters. The molecule has 0 amide bonds. The molecule has 0 aromatic carbocycles. The first kappa shape index (κ1) is 25.2. The van der Waals surface area contributed by atoms with Crippen LogP contribution in [-0.2, 0) is 6.54 Å². The second kappa shape index (κ2) is 16.1. The number of nitrogens with zero attached hydrogens (tertiary/aromatic N) is 2. The number of hydrogen-bond acceptors (Lipinski definition) is 0. The number of unbranched alkanes of at least 4 members (excludes halogenated alkanes) is 12. The van der Waals surface area contributed by atoms with E-state index in [0.29, 0.717) is 12.0 Å². The molecule has 1 aromatic heterocycles. The lowest BCUT2D eigenvalue weighted by Gasteiger charge is -2.14. The third kappa shape index (κ3) is 10.1. The van der Waals surface area contributed by atoms with Gasteiger partial charge in [-0.15, -0.1) is 0 Å². The van der Waals surface area contributed by atoms with Crippen molar-refractivity contribution in [2.24, 2.45) is 0 Å². The minimum Gasteiger partial charge on any atom is -0.234 e. The summed E-state index contributed by atoms with van der Waals surface area (Å²) in [5.74, 6) is 2.12. The van der Waals surface area contributed by atoms with Crippen LogP contribution in [0.5, 0.6) is 0 Å². The highest BCUT2D eigenvalue weighted by molar-refractivity contribution is 4.92. The van der Waals surface area contributed by atoms with Crippen molar-refractivity contribution >= 4 is 0 Å². The maximum absolute atomic E-state index is 2.57. The molecule has 0 bridgehead atoms. The van der Waals surface area contributed by atoms with E-state index in [2.05, 4.69) is 56.1 Å². The van der Waals surface area contributed by atoms with E-state index < -0.39 is 0 Å². The van der Waals surface area contributed by atoms with Crippen LogP contribution in [-0.4, -0.2) is 4.57 Å². The average Bonchev–Trinajstić information content (AvgIpc) is 3.11. The van der Waals surface area contributed by atoms with Crippen LogP contribution in [0.15, 0.2) is 12.4 Å². The van der Waals surface area contributed by atoms with Crippen molar-refractivity contribution in [2.45, 2.75) is 149 Å². The molecule has 0 saturated carbocycles. The van der Waals surface area contributed by atoms with Crippen LogP contribution >= 0.6 is 0 Å². The standard InChI is InChI=1S/C26H51N2/c1-6-8-10-12-14-15-16-18-20-25(5)28-23-22-27(26(28)24(3)4)21-19-17-13-11-9-7-2/h22-25H,6-21H2,1-5H3/q+1. The number of aryl methyl sites for hydroxylation is 1. The van der Waals surface area contributed by atoms with E-state index in [4.69, 9.17) is 0 Å². The molecule has 0 aliphatic heterocycles. The van der Waals surface area contributed by atoms with E-state index in [1.54, 1.807) is 0 Å². The second-order valence-electron chi connectivity index (χ2n) is 9.29. The van der Waals surface area contributed by atoms with Crippen molar-refractivity contribution in [3.05, 3.63) is 18.2 Å². The van der Waals surface area contributed by atoms with Crippen LogP contribution < -0.4 is 4.57 Å². The molecule has 0 N–H and O–H groups in total. The highest BCUT2D eigenvalue weighted by atomic mass is 15.2. The Morgan fingerprint density at radius 2 is 1.21 bits per heavy atom. The lowest BCUT2D eigenvalue weighted by Crippen LogP contribution is -2.38. The Bertz CT molecular complexity index is 475. The first-order valence-corrected chi connectivity index (χ1v) is 12.7. The Hall–Kier alpha value is -0.790. The van der Waals surface area contributed by atoms with Gasteiger partial charge in [0.2, 0.25) is 0 Å². The zero-order valence-corrected chi connectivity index (χ0v) is 20.0. The first-order chi connectivity index (χ1) is 13.6. The molecule has 2 heteroatoms. The Morgan fingerprint density at radius 3 is 1.75 bits per heavy atom. The quantitative estimate of drug-likeness (QED) is 0.175. The van der Waals surface area contributed by atoms with Gasteiger partial charge in [0.25, 0.3) is 5.82 Å². The SMILES string of the molecule is CCCCCCCCCCC(C)n1cc[n+](CCCCCCCC)c1C(C)C. The van der Waals surface area contributed by atoms with Gasteiger partial charge in [-0.05, 0) is 32.6 Å². The van der Waals surface area contributed by atoms with E-state index in [9.17, 15) is 0 Å². The van der Waals surface area contributed by atoms with Gasteiger partial charge >= 0.3 is 0 Å². The summed E-state index contributed by atoms with van der Waals surface area (Å²) < 4.78 is 5.11. The third-order valence-electron chi connectivity index (χ3n) is 6.19. The van der Waals surface area contributed by atoms with E-state index in [0.717, 1.165) is 0 Å². The molecule has 0 saturated heterocycles. The Labute approximate surface area is 177 Å². The number of aromatic nitrogens is 2. The number of hydrogen-bond donors (Lipinski definition) is 0. The minimum atomic E-state index is 0.594. The summed E-state index contributed by atoms with van der Waals surface area (Å²) in [5, 5.41) is 0. The predicted octanol–water partition coefficient (Wildman–Crippen LogP) is 8.35. The molecular weight excluding hydrogens is 340 g/mol. The summed E-state index contributed by atoms with van der Waals surface area (Å²) in [5.41, 5.74) is 0. The molecule has 28 heavy (non-hydrogen) atoms. The van der Waals surface area contributed by atoms with Gasteiger partial charge < -0.3 is 0 Å². The molecule has 0 radical (unpaired) electrons. The Kier molecular flexibility index (Phi) is 14.5. The summed E-state index contributed by atoms with van der Waals surface area (Å²) in [6.07, 6.45) is 25.6. The molecule has 0 spiro atoms. The molecule has 1 aromatic rings. The summed E-state index contributed by atoms with van der Waals surface area (Å²) in [4.78, 5) is 0. The molecule has 0 aliphatic rings. The summed E-state index contributed by atoms with van der Waals surface area (Å²) in [7, 11) is 0. The maximum Gasteiger partial charge on any atom is 0.259 e. The van der Waals surface area contributed by atoms with Crippen LogP contribution in [0.1, 0.15) is 149 Å². The van der Waals surface area contributed by atoms with Crippen LogP contribution in [0.2, 0.25) is 0 Å². The predicted molar refractivity (Wildman–Crippen MR) is 124 cm³/mol. The van der Waals surface area contributed by atoms with Crippen molar-refractivity contribution in [3.63, 3.8) is 0 Å². The Balaban J connectivity index is 2.37. The van der Waals surface area contributed by atoms with Gasteiger partial charge in [-0.25, -0.2) is 9.13 Å². The summed E-state index contributed by atoms with van der Waals surface area (Å²) in [6, 6.07) is 0.628. The van der Waals surface area contributed by atoms with Gasteiger partial charge in [0.1, 0.15) is 12.4 Å². The van der Waals surface area contributed by atoms with Gasteiger partial charge in [0.05, 0.1) is 18.5 Å². The highest BCUT2D eigenvalue weighted by Crippen LogP contribution is 2.21.